The zero-order valence-corrected chi connectivity index (χ0v) is 17.4. The van der Waals surface area contributed by atoms with Crippen molar-refractivity contribution in [3.8, 4) is 0 Å². The third kappa shape index (κ3) is 3.54. The number of para-hydroxylation sites is 1. The molecule has 4 aromatic rings. The van der Waals surface area contributed by atoms with Gasteiger partial charge in [-0.2, -0.15) is 0 Å². The lowest BCUT2D eigenvalue weighted by atomic mass is 10.1. The highest BCUT2D eigenvalue weighted by Gasteiger charge is 2.34. The number of nitrogens with one attached hydrogen (secondary N) is 1. The predicted octanol–water partition coefficient (Wildman–Crippen LogP) is 4.20. The zero-order valence-electron chi connectivity index (χ0n) is 17.4. The van der Waals surface area contributed by atoms with Gasteiger partial charge in [-0.3, -0.25) is 14.6 Å². The lowest BCUT2D eigenvalue weighted by Crippen LogP contribution is -2.28. The van der Waals surface area contributed by atoms with E-state index in [9.17, 15) is 9.59 Å². The Balaban J connectivity index is 1.34. The van der Waals surface area contributed by atoms with Crippen LogP contribution >= 0.6 is 0 Å². The van der Waals surface area contributed by atoms with E-state index in [1.54, 1.807) is 11.1 Å². The summed E-state index contributed by atoms with van der Waals surface area (Å²) in [5, 5.41) is 5.32. The predicted molar refractivity (Wildman–Crippen MR) is 122 cm³/mol. The smallest absolute Gasteiger partial charge is 0.229 e. The number of carbonyl (C=O) groups is 2. The Morgan fingerprint density at radius 2 is 1.87 bits per heavy atom. The molecule has 6 heteroatoms. The second-order valence-corrected chi connectivity index (χ2v) is 7.98. The molecule has 2 aromatic carbocycles. The number of likely N-dealkylation sites (tertiary alicyclic amines) is 1. The number of hydrogen-bond donors (Lipinski definition) is 1. The maximum atomic E-state index is 12.9. The molecule has 1 aliphatic heterocycles. The Kier molecular flexibility index (Phi) is 4.90. The van der Waals surface area contributed by atoms with Crippen LogP contribution in [-0.2, 0) is 22.7 Å². The molecule has 0 bridgehead atoms. The van der Waals surface area contributed by atoms with Gasteiger partial charge in [0.25, 0.3) is 0 Å². The zero-order chi connectivity index (χ0) is 21.4. The van der Waals surface area contributed by atoms with Crippen LogP contribution in [0.1, 0.15) is 19.0 Å². The van der Waals surface area contributed by atoms with Crippen molar-refractivity contribution < 1.29 is 9.59 Å². The van der Waals surface area contributed by atoms with Crippen molar-refractivity contribution in [3.05, 3.63) is 72.6 Å². The first-order chi connectivity index (χ1) is 15.1. The molecule has 6 nitrogen and oxygen atoms in total. The average Bonchev–Trinajstić information content (AvgIpc) is 3.32. The van der Waals surface area contributed by atoms with Crippen molar-refractivity contribution >= 4 is 39.3 Å². The molecule has 1 unspecified atom stereocenters. The van der Waals surface area contributed by atoms with Gasteiger partial charge in [-0.15, -0.1) is 0 Å². The lowest BCUT2D eigenvalue weighted by Gasteiger charge is -2.16. The molecular formula is C25H24N4O2. The van der Waals surface area contributed by atoms with E-state index in [-0.39, 0.29) is 24.2 Å². The molecule has 0 radical (unpaired) electrons. The molecule has 2 aromatic heterocycles. The first-order valence-electron chi connectivity index (χ1n) is 10.6. The van der Waals surface area contributed by atoms with Crippen molar-refractivity contribution in [1.82, 2.24) is 14.5 Å². The molecule has 1 saturated heterocycles. The van der Waals surface area contributed by atoms with E-state index in [4.69, 9.17) is 0 Å². The van der Waals surface area contributed by atoms with Gasteiger partial charge in [-0.05, 0) is 43.3 Å². The maximum absolute atomic E-state index is 12.9. The molecule has 2 amide bonds. The van der Waals surface area contributed by atoms with E-state index in [0.717, 1.165) is 28.8 Å². The number of hydrogen-bond acceptors (Lipinski definition) is 3. The second-order valence-electron chi connectivity index (χ2n) is 7.98. The summed E-state index contributed by atoms with van der Waals surface area (Å²) in [6, 6.07) is 20.0. The molecule has 1 fully saturated rings. The molecule has 1 aliphatic rings. The fraction of sp³-hybridized carbons (Fsp3) is 0.240. The van der Waals surface area contributed by atoms with Gasteiger partial charge in [-0.25, -0.2) is 0 Å². The standard InChI is InChI=1S/C25H24N4O2/c1-2-29-22-9-4-3-8-20(22)21-14-18(10-11-23(21)29)27-25(31)17-13-24(30)28(15-17)16-19-7-5-6-12-26-19/h3-12,14,17H,2,13,15-16H2,1H3,(H,27,31). The Morgan fingerprint density at radius 3 is 2.68 bits per heavy atom. The van der Waals surface area contributed by atoms with Crippen molar-refractivity contribution in [3.63, 3.8) is 0 Å². The van der Waals surface area contributed by atoms with E-state index in [1.807, 2.05) is 42.5 Å². The molecule has 31 heavy (non-hydrogen) atoms. The van der Waals surface area contributed by atoms with Crippen LogP contribution in [0.2, 0.25) is 0 Å². The first kappa shape index (κ1) is 19.3. The number of aryl methyl sites for hydroxylation is 1. The van der Waals surface area contributed by atoms with E-state index >= 15 is 0 Å². The Labute approximate surface area is 180 Å². The lowest BCUT2D eigenvalue weighted by molar-refractivity contribution is -0.128. The summed E-state index contributed by atoms with van der Waals surface area (Å²) in [5.41, 5.74) is 3.93. The monoisotopic (exact) mass is 412 g/mol. The fourth-order valence-corrected chi connectivity index (χ4v) is 4.50. The summed E-state index contributed by atoms with van der Waals surface area (Å²) in [7, 11) is 0. The Bertz CT molecular complexity index is 1280. The number of benzene rings is 2. The summed E-state index contributed by atoms with van der Waals surface area (Å²) in [6.45, 7) is 3.87. The number of anilines is 1. The third-order valence-corrected chi connectivity index (χ3v) is 6.02. The summed E-state index contributed by atoms with van der Waals surface area (Å²) in [4.78, 5) is 31.3. The molecule has 1 atom stereocenters. The number of amides is 2. The number of pyridine rings is 1. The SMILES string of the molecule is CCn1c2ccccc2c2cc(NC(=O)C3CC(=O)N(Cc4ccccn4)C3)ccc21. The molecule has 0 spiro atoms. The van der Waals surface area contributed by atoms with Crippen LogP contribution < -0.4 is 5.32 Å². The quantitative estimate of drug-likeness (QED) is 0.534. The Hall–Kier alpha value is -3.67. The van der Waals surface area contributed by atoms with Gasteiger partial charge in [-0.1, -0.05) is 24.3 Å². The van der Waals surface area contributed by atoms with E-state index in [1.165, 1.54) is 10.9 Å². The van der Waals surface area contributed by atoms with Crippen LogP contribution in [0.15, 0.2) is 66.9 Å². The highest BCUT2D eigenvalue weighted by Crippen LogP contribution is 2.31. The van der Waals surface area contributed by atoms with Crippen LogP contribution in [0.4, 0.5) is 5.69 Å². The second kappa shape index (κ2) is 7.87. The number of fused-ring (bicyclic) bond motifs is 3. The number of nitrogens with zero attached hydrogens (tertiary/aromatic N) is 3. The van der Waals surface area contributed by atoms with Gasteiger partial charge in [0.2, 0.25) is 11.8 Å². The van der Waals surface area contributed by atoms with Gasteiger partial charge in [0.1, 0.15) is 0 Å². The molecular weight excluding hydrogens is 388 g/mol. The molecule has 3 heterocycles. The van der Waals surface area contributed by atoms with Crippen molar-refractivity contribution in [2.45, 2.75) is 26.4 Å². The topological polar surface area (TPSA) is 67.2 Å². The van der Waals surface area contributed by atoms with Crippen LogP contribution in [-0.4, -0.2) is 32.8 Å². The highest BCUT2D eigenvalue weighted by molar-refractivity contribution is 6.10. The van der Waals surface area contributed by atoms with Crippen LogP contribution in [0.3, 0.4) is 0 Å². The van der Waals surface area contributed by atoms with Crippen LogP contribution in [0.25, 0.3) is 21.8 Å². The van der Waals surface area contributed by atoms with Gasteiger partial charge in [0, 0.05) is 53.2 Å². The average molecular weight is 412 g/mol. The minimum atomic E-state index is -0.358. The fourth-order valence-electron chi connectivity index (χ4n) is 4.50. The van der Waals surface area contributed by atoms with E-state index in [2.05, 4.69) is 40.0 Å². The molecule has 0 saturated carbocycles. The summed E-state index contributed by atoms with van der Waals surface area (Å²) < 4.78 is 2.28. The molecule has 5 rings (SSSR count). The summed E-state index contributed by atoms with van der Waals surface area (Å²) in [5.74, 6) is -0.480. The van der Waals surface area contributed by atoms with Crippen molar-refractivity contribution in [2.24, 2.45) is 5.92 Å². The molecule has 0 aliphatic carbocycles. The van der Waals surface area contributed by atoms with Crippen molar-refractivity contribution in [1.29, 1.82) is 0 Å². The normalized spacial score (nSPS) is 16.4. The van der Waals surface area contributed by atoms with E-state index < -0.39 is 0 Å². The van der Waals surface area contributed by atoms with Gasteiger partial charge in [0.05, 0.1) is 18.2 Å². The van der Waals surface area contributed by atoms with Crippen LogP contribution in [0.5, 0.6) is 0 Å². The molecule has 156 valence electrons. The van der Waals surface area contributed by atoms with Gasteiger partial charge < -0.3 is 14.8 Å². The van der Waals surface area contributed by atoms with E-state index in [0.29, 0.717) is 13.1 Å². The molecule has 1 N–H and O–H groups in total. The maximum Gasteiger partial charge on any atom is 0.229 e. The largest absolute Gasteiger partial charge is 0.341 e. The number of rotatable bonds is 5. The summed E-state index contributed by atoms with van der Waals surface area (Å²) >= 11 is 0. The first-order valence-corrected chi connectivity index (χ1v) is 10.6. The Morgan fingerprint density at radius 1 is 1.06 bits per heavy atom. The van der Waals surface area contributed by atoms with Gasteiger partial charge in [0.15, 0.2) is 0 Å². The number of carbonyl (C=O) groups excluding carboxylic acids is 2. The number of aromatic nitrogens is 2. The van der Waals surface area contributed by atoms with Gasteiger partial charge >= 0.3 is 0 Å². The summed E-state index contributed by atoms with van der Waals surface area (Å²) in [6.07, 6.45) is 1.95. The minimum absolute atomic E-state index is 0.00716. The third-order valence-electron chi connectivity index (χ3n) is 6.02. The van der Waals surface area contributed by atoms with Crippen molar-refractivity contribution in [2.75, 3.05) is 11.9 Å². The van der Waals surface area contributed by atoms with Crippen LogP contribution in [0, 0.1) is 5.92 Å². The minimum Gasteiger partial charge on any atom is -0.341 e. The highest BCUT2D eigenvalue weighted by atomic mass is 16.2.